The minimum absolute atomic E-state index is 0.171. The van der Waals surface area contributed by atoms with Gasteiger partial charge in [0, 0.05) is 16.6 Å². The van der Waals surface area contributed by atoms with Crippen LogP contribution >= 0.6 is 0 Å². The molecule has 0 aliphatic carbocycles. The van der Waals surface area contributed by atoms with Crippen molar-refractivity contribution in [2.45, 2.75) is 20.1 Å². The second-order valence-corrected chi connectivity index (χ2v) is 5.14. The number of fused-ring (bicyclic) bond motifs is 1. The Bertz CT molecular complexity index is 817. The molecule has 0 fully saturated rings. The van der Waals surface area contributed by atoms with Gasteiger partial charge in [-0.1, -0.05) is 30.3 Å². The van der Waals surface area contributed by atoms with E-state index in [2.05, 4.69) is 4.98 Å². The van der Waals surface area contributed by atoms with Gasteiger partial charge in [0.2, 0.25) is 0 Å². The molecule has 0 bridgehead atoms. The monoisotopic (exact) mass is 299 g/mol. The average Bonchev–Trinajstić information content (AvgIpc) is 2.50. The summed E-state index contributed by atoms with van der Waals surface area (Å²) in [6.45, 7) is 2.26. The lowest BCUT2D eigenvalue weighted by atomic mass is 10.1. The van der Waals surface area contributed by atoms with Crippen LogP contribution in [0.4, 0.5) is 8.78 Å². The molecule has 0 atom stereocenters. The standard InChI is InChI=1S/C18H15F2NO/c1-12-9-14(15-6-4-8-17(20)18(15)21-12)11-22-10-13-5-2-3-7-16(13)19/h2-9H,10-11H2,1H3. The summed E-state index contributed by atoms with van der Waals surface area (Å²) in [6, 6.07) is 13.2. The number of pyridine rings is 1. The zero-order chi connectivity index (χ0) is 15.5. The number of ether oxygens (including phenoxy) is 1. The summed E-state index contributed by atoms with van der Waals surface area (Å²) in [5.41, 5.74) is 2.41. The van der Waals surface area contributed by atoms with Crippen LogP contribution in [0.15, 0.2) is 48.5 Å². The van der Waals surface area contributed by atoms with Crippen LogP contribution in [-0.2, 0) is 18.0 Å². The minimum Gasteiger partial charge on any atom is -0.372 e. The van der Waals surface area contributed by atoms with Gasteiger partial charge in [0.25, 0.3) is 0 Å². The van der Waals surface area contributed by atoms with Crippen LogP contribution in [0.25, 0.3) is 10.9 Å². The van der Waals surface area contributed by atoms with E-state index in [0.29, 0.717) is 11.1 Å². The highest BCUT2D eigenvalue weighted by Gasteiger charge is 2.08. The molecule has 0 spiro atoms. The van der Waals surface area contributed by atoms with Gasteiger partial charge in [0.05, 0.1) is 13.2 Å². The molecule has 1 aromatic heterocycles. The summed E-state index contributed by atoms with van der Waals surface area (Å²) < 4.78 is 33.0. The lowest BCUT2D eigenvalue weighted by Gasteiger charge is -2.10. The number of hydrogen-bond acceptors (Lipinski definition) is 2. The Hall–Kier alpha value is -2.33. The molecule has 112 valence electrons. The summed E-state index contributed by atoms with van der Waals surface area (Å²) in [5, 5.41) is 0.721. The fraction of sp³-hybridized carbons (Fsp3) is 0.167. The maximum atomic E-state index is 13.8. The van der Waals surface area contributed by atoms with E-state index < -0.39 is 0 Å². The van der Waals surface area contributed by atoms with Gasteiger partial charge < -0.3 is 4.74 Å². The molecule has 2 aromatic carbocycles. The van der Waals surface area contributed by atoms with Crippen molar-refractivity contribution in [3.8, 4) is 0 Å². The quantitative estimate of drug-likeness (QED) is 0.705. The SMILES string of the molecule is Cc1cc(COCc2ccccc2F)c2cccc(F)c2n1. The van der Waals surface area contributed by atoms with Gasteiger partial charge in [0.15, 0.2) is 0 Å². The number of benzene rings is 2. The molecule has 0 aliphatic rings. The first-order chi connectivity index (χ1) is 10.6. The molecular formula is C18H15F2NO. The van der Waals surface area contributed by atoms with E-state index in [1.165, 1.54) is 12.1 Å². The predicted octanol–water partition coefficient (Wildman–Crippen LogP) is 4.54. The Morgan fingerprint density at radius 3 is 2.45 bits per heavy atom. The van der Waals surface area contributed by atoms with Gasteiger partial charge in [-0.2, -0.15) is 0 Å². The number of rotatable bonds is 4. The van der Waals surface area contributed by atoms with Crippen LogP contribution < -0.4 is 0 Å². The second kappa shape index (κ2) is 6.20. The molecule has 0 N–H and O–H groups in total. The maximum absolute atomic E-state index is 13.8. The van der Waals surface area contributed by atoms with Crippen molar-refractivity contribution in [1.82, 2.24) is 4.98 Å². The summed E-state index contributed by atoms with van der Waals surface area (Å²) in [4.78, 5) is 4.23. The normalized spacial score (nSPS) is 11.0. The molecule has 0 saturated carbocycles. The first-order valence-corrected chi connectivity index (χ1v) is 7.01. The van der Waals surface area contributed by atoms with E-state index in [-0.39, 0.29) is 24.8 Å². The van der Waals surface area contributed by atoms with E-state index in [1.54, 1.807) is 24.3 Å². The highest BCUT2D eigenvalue weighted by molar-refractivity contribution is 5.82. The van der Waals surface area contributed by atoms with Crippen molar-refractivity contribution in [3.63, 3.8) is 0 Å². The molecule has 3 aromatic rings. The van der Waals surface area contributed by atoms with Crippen LogP contribution in [-0.4, -0.2) is 4.98 Å². The van der Waals surface area contributed by atoms with E-state index in [0.717, 1.165) is 16.6 Å². The largest absolute Gasteiger partial charge is 0.372 e. The highest BCUT2D eigenvalue weighted by atomic mass is 19.1. The molecule has 2 nitrogen and oxygen atoms in total. The number of hydrogen-bond donors (Lipinski definition) is 0. The Labute approximate surface area is 127 Å². The summed E-state index contributed by atoms with van der Waals surface area (Å²) >= 11 is 0. The van der Waals surface area contributed by atoms with E-state index in [9.17, 15) is 8.78 Å². The predicted molar refractivity (Wildman–Crippen MR) is 81.3 cm³/mol. The molecular weight excluding hydrogens is 284 g/mol. The van der Waals surface area contributed by atoms with Crippen molar-refractivity contribution >= 4 is 10.9 Å². The first kappa shape index (κ1) is 14.6. The van der Waals surface area contributed by atoms with Crippen molar-refractivity contribution < 1.29 is 13.5 Å². The first-order valence-electron chi connectivity index (χ1n) is 7.01. The van der Waals surface area contributed by atoms with E-state index >= 15 is 0 Å². The van der Waals surface area contributed by atoms with Gasteiger partial charge in [-0.05, 0) is 30.7 Å². The number of aromatic nitrogens is 1. The number of nitrogens with zero attached hydrogens (tertiary/aromatic N) is 1. The third kappa shape index (κ3) is 2.97. The van der Waals surface area contributed by atoms with Crippen LogP contribution in [0, 0.1) is 18.6 Å². The van der Waals surface area contributed by atoms with Crippen molar-refractivity contribution in [3.05, 3.63) is 77.0 Å². The fourth-order valence-corrected chi connectivity index (χ4v) is 2.43. The van der Waals surface area contributed by atoms with Gasteiger partial charge in [-0.3, -0.25) is 4.98 Å². The number of halogens is 2. The Kier molecular flexibility index (Phi) is 4.11. The average molecular weight is 299 g/mol. The van der Waals surface area contributed by atoms with Crippen LogP contribution in [0.3, 0.4) is 0 Å². The van der Waals surface area contributed by atoms with Gasteiger partial charge in [0.1, 0.15) is 17.2 Å². The lowest BCUT2D eigenvalue weighted by molar-refractivity contribution is 0.105. The van der Waals surface area contributed by atoms with E-state index in [4.69, 9.17) is 4.74 Å². The lowest BCUT2D eigenvalue weighted by Crippen LogP contribution is -1.99. The zero-order valence-corrected chi connectivity index (χ0v) is 12.1. The third-order valence-corrected chi connectivity index (χ3v) is 3.48. The molecule has 0 aliphatic heterocycles. The summed E-state index contributed by atoms with van der Waals surface area (Å²) in [5.74, 6) is -0.638. The Morgan fingerprint density at radius 1 is 0.909 bits per heavy atom. The summed E-state index contributed by atoms with van der Waals surface area (Å²) in [6.07, 6.45) is 0. The van der Waals surface area contributed by atoms with Gasteiger partial charge >= 0.3 is 0 Å². The van der Waals surface area contributed by atoms with Crippen LogP contribution in [0.5, 0.6) is 0 Å². The smallest absolute Gasteiger partial charge is 0.149 e. The molecule has 4 heteroatoms. The van der Waals surface area contributed by atoms with Gasteiger partial charge in [-0.25, -0.2) is 8.78 Å². The van der Waals surface area contributed by atoms with Crippen LogP contribution in [0.1, 0.15) is 16.8 Å². The minimum atomic E-state index is -0.350. The zero-order valence-electron chi connectivity index (χ0n) is 12.1. The summed E-state index contributed by atoms with van der Waals surface area (Å²) in [7, 11) is 0. The maximum Gasteiger partial charge on any atom is 0.149 e. The number of aryl methyl sites for hydroxylation is 1. The molecule has 0 radical (unpaired) electrons. The molecule has 0 saturated heterocycles. The Morgan fingerprint density at radius 2 is 1.64 bits per heavy atom. The van der Waals surface area contributed by atoms with Gasteiger partial charge in [-0.15, -0.1) is 0 Å². The van der Waals surface area contributed by atoms with Crippen molar-refractivity contribution in [2.75, 3.05) is 0 Å². The highest BCUT2D eigenvalue weighted by Crippen LogP contribution is 2.22. The van der Waals surface area contributed by atoms with Crippen molar-refractivity contribution in [2.24, 2.45) is 0 Å². The number of para-hydroxylation sites is 1. The van der Waals surface area contributed by atoms with Crippen LogP contribution in [0.2, 0.25) is 0 Å². The van der Waals surface area contributed by atoms with E-state index in [1.807, 2.05) is 19.1 Å². The second-order valence-electron chi connectivity index (χ2n) is 5.14. The fourth-order valence-electron chi connectivity index (χ4n) is 2.43. The topological polar surface area (TPSA) is 22.1 Å². The molecule has 22 heavy (non-hydrogen) atoms. The Balaban J connectivity index is 1.82. The van der Waals surface area contributed by atoms with Crippen molar-refractivity contribution in [1.29, 1.82) is 0 Å². The molecule has 0 unspecified atom stereocenters. The molecule has 1 heterocycles. The molecule has 3 rings (SSSR count). The molecule has 0 amide bonds. The third-order valence-electron chi connectivity index (χ3n) is 3.48.